The molecule has 18 heavy (non-hydrogen) atoms. The maximum atomic E-state index is 12.2. The zero-order valence-electron chi connectivity index (χ0n) is 10.4. The van der Waals surface area contributed by atoms with Crippen molar-refractivity contribution < 1.29 is 9.53 Å². The fraction of sp³-hybridized carbons (Fsp3) is 0.500. The molecule has 1 aromatic heterocycles. The van der Waals surface area contributed by atoms with Crippen molar-refractivity contribution in [3.05, 3.63) is 24.0 Å². The van der Waals surface area contributed by atoms with Gasteiger partial charge in [0.1, 0.15) is 5.69 Å². The van der Waals surface area contributed by atoms with Crippen molar-refractivity contribution in [1.82, 2.24) is 9.88 Å². The van der Waals surface area contributed by atoms with Crippen LogP contribution in [0.1, 0.15) is 23.3 Å². The third-order valence-corrected chi connectivity index (χ3v) is 3.15. The van der Waals surface area contributed by atoms with Gasteiger partial charge in [0, 0.05) is 20.2 Å². The Balaban J connectivity index is 2.05. The van der Waals surface area contributed by atoms with Gasteiger partial charge in [0.05, 0.1) is 18.0 Å². The van der Waals surface area contributed by atoms with E-state index in [4.69, 9.17) is 10.6 Å². The van der Waals surface area contributed by atoms with E-state index in [1.807, 2.05) is 0 Å². The van der Waals surface area contributed by atoms with Gasteiger partial charge < -0.3 is 15.1 Å². The lowest BCUT2D eigenvalue weighted by atomic mass is 10.1. The number of nitrogens with one attached hydrogen (secondary N) is 1. The van der Waals surface area contributed by atoms with E-state index in [9.17, 15) is 4.79 Å². The molecule has 98 valence electrons. The maximum absolute atomic E-state index is 12.2. The van der Waals surface area contributed by atoms with E-state index in [1.165, 1.54) is 0 Å². The Morgan fingerprint density at radius 2 is 2.44 bits per heavy atom. The van der Waals surface area contributed by atoms with Crippen LogP contribution in [0.3, 0.4) is 0 Å². The van der Waals surface area contributed by atoms with Crippen molar-refractivity contribution in [2.45, 2.75) is 18.9 Å². The van der Waals surface area contributed by atoms with Gasteiger partial charge in [-0.2, -0.15) is 0 Å². The first-order valence-electron chi connectivity index (χ1n) is 5.99. The number of piperidine rings is 1. The second-order valence-corrected chi connectivity index (χ2v) is 4.33. The Morgan fingerprint density at radius 1 is 1.61 bits per heavy atom. The minimum Gasteiger partial charge on any atom is -0.380 e. The SMILES string of the molecule is COC1CCCN(C(=O)c2ccc(NN)cn2)C1. The molecule has 0 saturated carbocycles. The molecule has 2 heterocycles. The van der Waals surface area contributed by atoms with E-state index in [1.54, 1.807) is 30.3 Å². The number of hydrogen-bond donors (Lipinski definition) is 2. The first-order valence-corrected chi connectivity index (χ1v) is 5.99. The minimum absolute atomic E-state index is 0.0553. The van der Waals surface area contributed by atoms with Gasteiger partial charge >= 0.3 is 0 Å². The summed E-state index contributed by atoms with van der Waals surface area (Å²) in [5.41, 5.74) is 3.60. The smallest absolute Gasteiger partial charge is 0.272 e. The molecule has 1 aliphatic heterocycles. The highest BCUT2D eigenvalue weighted by Gasteiger charge is 2.24. The molecule has 0 aromatic carbocycles. The molecule has 2 rings (SSSR count). The third kappa shape index (κ3) is 2.77. The highest BCUT2D eigenvalue weighted by Crippen LogP contribution is 2.15. The van der Waals surface area contributed by atoms with E-state index in [0.717, 1.165) is 19.4 Å². The van der Waals surface area contributed by atoms with Gasteiger partial charge in [-0.1, -0.05) is 0 Å². The average molecular weight is 250 g/mol. The van der Waals surface area contributed by atoms with Gasteiger partial charge in [0.2, 0.25) is 0 Å². The van der Waals surface area contributed by atoms with Gasteiger partial charge in [-0.15, -0.1) is 0 Å². The van der Waals surface area contributed by atoms with Crippen molar-refractivity contribution in [2.24, 2.45) is 5.84 Å². The van der Waals surface area contributed by atoms with E-state index in [2.05, 4.69) is 10.4 Å². The minimum atomic E-state index is -0.0553. The quantitative estimate of drug-likeness (QED) is 0.607. The van der Waals surface area contributed by atoms with Crippen LogP contribution in [-0.4, -0.2) is 42.1 Å². The molecule has 1 amide bonds. The topological polar surface area (TPSA) is 80.5 Å². The molecule has 0 aliphatic carbocycles. The number of rotatable bonds is 3. The number of carbonyl (C=O) groups is 1. The second kappa shape index (κ2) is 5.79. The van der Waals surface area contributed by atoms with Crippen LogP contribution in [0.2, 0.25) is 0 Å². The Labute approximate surface area is 106 Å². The largest absolute Gasteiger partial charge is 0.380 e. The van der Waals surface area contributed by atoms with Crippen LogP contribution in [0.25, 0.3) is 0 Å². The number of pyridine rings is 1. The predicted molar refractivity (Wildman–Crippen MR) is 68.0 cm³/mol. The highest BCUT2D eigenvalue weighted by molar-refractivity contribution is 5.92. The summed E-state index contributed by atoms with van der Waals surface area (Å²) < 4.78 is 5.30. The Kier molecular flexibility index (Phi) is 4.11. The summed E-state index contributed by atoms with van der Waals surface area (Å²) in [6.45, 7) is 1.39. The zero-order valence-corrected chi connectivity index (χ0v) is 10.4. The molecule has 1 unspecified atom stereocenters. The summed E-state index contributed by atoms with van der Waals surface area (Å²) >= 11 is 0. The molecule has 1 fully saturated rings. The normalized spacial score (nSPS) is 19.7. The van der Waals surface area contributed by atoms with Crippen LogP contribution >= 0.6 is 0 Å². The van der Waals surface area contributed by atoms with E-state index >= 15 is 0 Å². The fourth-order valence-electron chi connectivity index (χ4n) is 2.08. The first-order chi connectivity index (χ1) is 8.74. The van der Waals surface area contributed by atoms with E-state index in [0.29, 0.717) is 17.9 Å². The number of likely N-dealkylation sites (tertiary alicyclic amines) is 1. The lowest BCUT2D eigenvalue weighted by Gasteiger charge is -2.31. The lowest BCUT2D eigenvalue weighted by Crippen LogP contribution is -2.43. The molecule has 0 spiro atoms. The zero-order chi connectivity index (χ0) is 13.0. The number of nitrogens with two attached hydrogens (primary N) is 1. The van der Waals surface area contributed by atoms with Gasteiger partial charge in [-0.3, -0.25) is 10.6 Å². The van der Waals surface area contributed by atoms with Crippen molar-refractivity contribution in [2.75, 3.05) is 25.6 Å². The number of anilines is 1. The average Bonchev–Trinajstić information content (AvgIpc) is 2.46. The summed E-state index contributed by atoms with van der Waals surface area (Å²) in [6.07, 6.45) is 3.65. The number of hydrogen-bond acceptors (Lipinski definition) is 5. The standard InChI is InChI=1S/C12H18N4O2/c1-18-10-3-2-6-16(8-10)12(17)11-5-4-9(15-13)7-14-11/h4-5,7,10,15H,2-3,6,8,13H2,1H3. The van der Waals surface area contributed by atoms with Gasteiger partial charge in [0.25, 0.3) is 5.91 Å². The molecule has 0 bridgehead atoms. The number of methoxy groups -OCH3 is 1. The molecule has 6 nitrogen and oxygen atoms in total. The molecular formula is C12H18N4O2. The molecule has 1 aromatic rings. The van der Waals surface area contributed by atoms with Gasteiger partial charge in [-0.25, -0.2) is 4.98 Å². The highest BCUT2D eigenvalue weighted by atomic mass is 16.5. The Morgan fingerprint density at radius 3 is 3.06 bits per heavy atom. The van der Waals surface area contributed by atoms with Crippen LogP contribution in [0.4, 0.5) is 5.69 Å². The molecule has 0 radical (unpaired) electrons. The van der Waals surface area contributed by atoms with Crippen LogP contribution < -0.4 is 11.3 Å². The van der Waals surface area contributed by atoms with Gasteiger partial charge in [0.15, 0.2) is 0 Å². The number of nitrogens with zero attached hydrogens (tertiary/aromatic N) is 2. The summed E-state index contributed by atoms with van der Waals surface area (Å²) in [4.78, 5) is 18.1. The van der Waals surface area contributed by atoms with Crippen molar-refractivity contribution in [1.29, 1.82) is 0 Å². The second-order valence-electron chi connectivity index (χ2n) is 4.33. The van der Waals surface area contributed by atoms with Crippen molar-refractivity contribution >= 4 is 11.6 Å². The molecular weight excluding hydrogens is 232 g/mol. The molecule has 1 aliphatic rings. The van der Waals surface area contributed by atoms with Crippen LogP contribution in [0, 0.1) is 0 Å². The maximum Gasteiger partial charge on any atom is 0.272 e. The van der Waals surface area contributed by atoms with Crippen LogP contribution in [0.5, 0.6) is 0 Å². The predicted octanol–water partition coefficient (Wildman–Crippen LogP) is 0.618. The third-order valence-electron chi connectivity index (χ3n) is 3.15. The summed E-state index contributed by atoms with van der Waals surface area (Å²) in [7, 11) is 1.68. The monoisotopic (exact) mass is 250 g/mol. The van der Waals surface area contributed by atoms with Gasteiger partial charge in [-0.05, 0) is 25.0 Å². The van der Waals surface area contributed by atoms with Crippen LogP contribution in [-0.2, 0) is 4.74 Å². The van der Waals surface area contributed by atoms with Crippen molar-refractivity contribution in [3.8, 4) is 0 Å². The summed E-state index contributed by atoms with van der Waals surface area (Å²) in [5, 5.41) is 0. The first kappa shape index (κ1) is 12.8. The lowest BCUT2D eigenvalue weighted by molar-refractivity contribution is 0.0266. The number of carbonyl (C=O) groups excluding carboxylic acids is 1. The number of aromatic nitrogens is 1. The number of ether oxygens (including phenoxy) is 1. The van der Waals surface area contributed by atoms with Crippen LogP contribution in [0.15, 0.2) is 18.3 Å². The summed E-state index contributed by atoms with van der Waals surface area (Å²) in [6, 6.07) is 3.41. The Bertz CT molecular complexity index is 407. The molecule has 1 saturated heterocycles. The Hall–Kier alpha value is -1.66. The number of nitrogen functional groups attached to an aromatic ring is 1. The number of amides is 1. The molecule has 3 N–H and O–H groups in total. The number of hydrazine groups is 1. The van der Waals surface area contributed by atoms with E-state index in [-0.39, 0.29) is 12.0 Å². The van der Waals surface area contributed by atoms with Crippen molar-refractivity contribution in [3.63, 3.8) is 0 Å². The summed E-state index contributed by atoms with van der Waals surface area (Å²) in [5.74, 6) is 5.20. The fourth-order valence-corrected chi connectivity index (χ4v) is 2.08. The molecule has 1 atom stereocenters. The molecule has 6 heteroatoms. The van der Waals surface area contributed by atoms with E-state index < -0.39 is 0 Å².